The van der Waals surface area contributed by atoms with Crippen molar-refractivity contribution in [3.05, 3.63) is 78.0 Å². The fraction of sp³-hybridized carbons (Fsp3) is 0.318. The van der Waals surface area contributed by atoms with E-state index < -0.39 is 0 Å². The highest BCUT2D eigenvalue weighted by atomic mass is 19.1. The lowest BCUT2D eigenvalue weighted by Crippen LogP contribution is -2.44. The number of nitrogens with one attached hydrogen (secondary N) is 2. The van der Waals surface area contributed by atoms with E-state index in [1.54, 1.807) is 25.5 Å². The van der Waals surface area contributed by atoms with E-state index in [0.29, 0.717) is 18.9 Å². The summed E-state index contributed by atoms with van der Waals surface area (Å²) in [7, 11) is 1.76. The van der Waals surface area contributed by atoms with Crippen LogP contribution in [-0.2, 0) is 13.1 Å². The molecule has 0 amide bonds. The fourth-order valence-electron chi connectivity index (χ4n) is 3.67. The van der Waals surface area contributed by atoms with Gasteiger partial charge in [0.15, 0.2) is 17.6 Å². The van der Waals surface area contributed by atoms with Crippen molar-refractivity contribution in [3.63, 3.8) is 0 Å². The Morgan fingerprint density at radius 2 is 2.10 bits per heavy atom. The van der Waals surface area contributed by atoms with Crippen LogP contribution in [0.5, 0.6) is 0 Å². The average Bonchev–Trinajstić information content (AvgIpc) is 3.44. The van der Waals surface area contributed by atoms with Crippen molar-refractivity contribution in [2.45, 2.75) is 25.6 Å². The topological polar surface area (TPSA) is 70.4 Å². The Kier molecular flexibility index (Phi) is 6.22. The quantitative estimate of drug-likeness (QED) is 0.485. The lowest BCUT2D eigenvalue weighted by Gasteiger charge is -2.20. The SMILES string of the molecule is CN=C(NCc1cccc(Cn2cccn2)c1)NC1CCN(c2ncccc2F)C1. The lowest BCUT2D eigenvalue weighted by atomic mass is 10.1. The zero-order valence-electron chi connectivity index (χ0n) is 17.0. The van der Waals surface area contributed by atoms with Crippen LogP contribution in [0.2, 0.25) is 0 Å². The monoisotopic (exact) mass is 407 g/mol. The second-order valence-corrected chi connectivity index (χ2v) is 7.33. The smallest absolute Gasteiger partial charge is 0.191 e. The molecule has 1 aromatic carbocycles. The van der Waals surface area contributed by atoms with Gasteiger partial charge in [-0.15, -0.1) is 0 Å². The van der Waals surface area contributed by atoms with Gasteiger partial charge in [0.1, 0.15) is 0 Å². The summed E-state index contributed by atoms with van der Waals surface area (Å²) in [5.41, 5.74) is 2.37. The molecule has 1 fully saturated rings. The zero-order chi connectivity index (χ0) is 20.8. The summed E-state index contributed by atoms with van der Waals surface area (Å²) in [6.45, 7) is 2.86. The molecule has 2 aromatic heterocycles. The Balaban J connectivity index is 1.30. The summed E-state index contributed by atoms with van der Waals surface area (Å²) in [5.74, 6) is 0.871. The van der Waals surface area contributed by atoms with Crippen LogP contribution in [0.15, 0.2) is 66.0 Å². The molecule has 1 aliphatic heterocycles. The average molecular weight is 407 g/mol. The van der Waals surface area contributed by atoms with Gasteiger partial charge >= 0.3 is 0 Å². The molecule has 4 rings (SSSR count). The summed E-state index contributed by atoms with van der Waals surface area (Å²) in [6.07, 6.45) is 6.27. The number of benzene rings is 1. The van der Waals surface area contributed by atoms with E-state index in [0.717, 1.165) is 25.5 Å². The zero-order valence-corrected chi connectivity index (χ0v) is 17.0. The van der Waals surface area contributed by atoms with Crippen molar-refractivity contribution in [2.24, 2.45) is 4.99 Å². The maximum atomic E-state index is 14.0. The second kappa shape index (κ2) is 9.39. The molecule has 8 heteroatoms. The number of aliphatic imine (C=N–C) groups is 1. The first-order chi connectivity index (χ1) is 14.7. The largest absolute Gasteiger partial charge is 0.352 e. The van der Waals surface area contributed by atoms with E-state index in [2.05, 4.69) is 50.0 Å². The summed E-state index contributed by atoms with van der Waals surface area (Å²) in [4.78, 5) is 10.5. The van der Waals surface area contributed by atoms with Gasteiger partial charge in [0.05, 0.1) is 6.54 Å². The number of nitrogens with zero attached hydrogens (tertiary/aromatic N) is 5. The highest BCUT2D eigenvalue weighted by molar-refractivity contribution is 5.80. The molecule has 3 aromatic rings. The number of hydrogen-bond donors (Lipinski definition) is 2. The normalized spacial score (nSPS) is 16.7. The number of anilines is 1. The molecule has 1 aliphatic rings. The first-order valence-corrected chi connectivity index (χ1v) is 10.1. The van der Waals surface area contributed by atoms with Gasteiger partial charge in [-0.05, 0) is 35.7 Å². The molecule has 156 valence electrons. The van der Waals surface area contributed by atoms with Crippen LogP contribution < -0.4 is 15.5 Å². The Morgan fingerprint density at radius 3 is 2.90 bits per heavy atom. The molecule has 1 unspecified atom stereocenters. The van der Waals surface area contributed by atoms with Crippen molar-refractivity contribution in [3.8, 4) is 0 Å². The summed E-state index contributed by atoms with van der Waals surface area (Å²) >= 11 is 0. The lowest BCUT2D eigenvalue weighted by molar-refractivity contribution is 0.612. The van der Waals surface area contributed by atoms with E-state index in [9.17, 15) is 4.39 Å². The van der Waals surface area contributed by atoms with E-state index in [1.165, 1.54) is 17.2 Å². The molecule has 0 saturated carbocycles. The predicted octanol–water partition coefficient (Wildman–Crippen LogP) is 2.41. The van der Waals surface area contributed by atoms with Gasteiger partial charge in [0.25, 0.3) is 0 Å². The molecule has 1 saturated heterocycles. The van der Waals surface area contributed by atoms with Gasteiger partial charge in [-0.25, -0.2) is 9.37 Å². The Bertz CT molecular complexity index is 987. The summed E-state index contributed by atoms with van der Waals surface area (Å²) in [6, 6.07) is 13.6. The maximum absolute atomic E-state index is 14.0. The van der Waals surface area contributed by atoms with E-state index in [-0.39, 0.29) is 11.9 Å². The minimum atomic E-state index is -0.282. The summed E-state index contributed by atoms with van der Waals surface area (Å²) in [5, 5.41) is 11.1. The van der Waals surface area contributed by atoms with Gasteiger partial charge in [-0.3, -0.25) is 9.67 Å². The van der Waals surface area contributed by atoms with Crippen molar-refractivity contribution >= 4 is 11.8 Å². The number of guanidine groups is 1. The molecular weight excluding hydrogens is 381 g/mol. The molecule has 2 N–H and O–H groups in total. The highest BCUT2D eigenvalue weighted by Gasteiger charge is 2.25. The Hall–Kier alpha value is -3.42. The second-order valence-electron chi connectivity index (χ2n) is 7.33. The van der Waals surface area contributed by atoms with Crippen LogP contribution in [-0.4, -0.2) is 46.9 Å². The highest BCUT2D eigenvalue weighted by Crippen LogP contribution is 2.20. The molecule has 0 radical (unpaired) electrons. The van der Waals surface area contributed by atoms with Crippen molar-refractivity contribution < 1.29 is 4.39 Å². The van der Waals surface area contributed by atoms with Crippen LogP contribution >= 0.6 is 0 Å². The van der Waals surface area contributed by atoms with Gasteiger partial charge in [0.2, 0.25) is 0 Å². The first kappa shape index (κ1) is 19.9. The van der Waals surface area contributed by atoms with Gasteiger partial charge in [-0.2, -0.15) is 5.10 Å². The molecule has 30 heavy (non-hydrogen) atoms. The minimum absolute atomic E-state index is 0.184. The standard InChI is InChI=1S/C22H26FN7/c1-24-22(28-19-8-12-29(16-19)21-20(23)7-3-9-25-21)26-14-17-5-2-6-18(13-17)15-30-11-4-10-27-30/h2-7,9-11,13,19H,8,12,14-16H2,1H3,(H2,24,26,28). The van der Waals surface area contributed by atoms with Crippen LogP contribution in [0.25, 0.3) is 0 Å². The van der Waals surface area contributed by atoms with E-state index in [1.807, 2.05) is 21.8 Å². The molecule has 0 bridgehead atoms. The number of rotatable bonds is 6. The van der Waals surface area contributed by atoms with Gasteiger partial charge < -0.3 is 15.5 Å². The number of halogens is 1. The van der Waals surface area contributed by atoms with Crippen LogP contribution in [0, 0.1) is 5.82 Å². The van der Waals surface area contributed by atoms with E-state index in [4.69, 9.17) is 0 Å². The Morgan fingerprint density at radius 1 is 1.20 bits per heavy atom. The first-order valence-electron chi connectivity index (χ1n) is 10.1. The van der Waals surface area contributed by atoms with E-state index >= 15 is 0 Å². The fourth-order valence-corrected chi connectivity index (χ4v) is 3.67. The molecular formula is C22H26FN7. The maximum Gasteiger partial charge on any atom is 0.191 e. The third kappa shape index (κ3) is 4.94. The molecule has 0 aliphatic carbocycles. The molecule has 7 nitrogen and oxygen atoms in total. The van der Waals surface area contributed by atoms with Crippen molar-refractivity contribution in [2.75, 3.05) is 25.0 Å². The number of pyridine rings is 1. The molecule has 0 spiro atoms. The molecule has 1 atom stereocenters. The third-order valence-corrected chi connectivity index (χ3v) is 5.15. The molecule has 3 heterocycles. The number of hydrogen-bond acceptors (Lipinski definition) is 4. The van der Waals surface area contributed by atoms with Crippen LogP contribution in [0.1, 0.15) is 17.5 Å². The van der Waals surface area contributed by atoms with Crippen LogP contribution in [0.3, 0.4) is 0 Å². The summed E-state index contributed by atoms with van der Waals surface area (Å²) < 4.78 is 15.9. The number of aromatic nitrogens is 3. The van der Waals surface area contributed by atoms with Gasteiger partial charge in [0, 0.05) is 51.3 Å². The predicted molar refractivity (Wildman–Crippen MR) is 116 cm³/mol. The van der Waals surface area contributed by atoms with Gasteiger partial charge in [-0.1, -0.05) is 24.3 Å². The van der Waals surface area contributed by atoms with Crippen molar-refractivity contribution in [1.29, 1.82) is 0 Å². The van der Waals surface area contributed by atoms with Crippen LogP contribution in [0.4, 0.5) is 10.2 Å². The third-order valence-electron chi connectivity index (χ3n) is 5.15. The minimum Gasteiger partial charge on any atom is -0.352 e. The van der Waals surface area contributed by atoms with Crippen molar-refractivity contribution in [1.82, 2.24) is 25.4 Å². The Labute approximate surface area is 175 Å².